The highest BCUT2D eigenvalue weighted by molar-refractivity contribution is 7.06. The second kappa shape index (κ2) is 11.2. The fourth-order valence-corrected chi connectivity index (χ4v) is 16.7. The number of aromatic nitrogens is 6. The zero-order valence-electron chi connectivity index (χ0n) is 39.3. The average molecular weight is 931 g/mol. The highest BCUT2D eigenvalue weighted by Gasteiger charge is 2.51. The van der Waals surface area contributed by atoms with Crippen molar-refractivity contribution in [3.63, 3.8) is 0 Å². The van der Waals surface area contributed by atoms with Crippen LogP contribution in [-0.2, 0) is 0 Å². The maximum atomic E-state index is 2.76. The third kappa shape index (κ3) is 3.41. The Kier molecular flexibility index (Phi) is 5.36. The third-order valence-electron chi connectivity index (χ3n) is 19.0. The fourth-order valence-electron chi connectivity index (χ4n) is 16.7. The van der Waals surface area contributed by atoms with Crippen LogP contribution in [0.2, 0.25) is 0 Å². The maximum absolute atomic E-state index is 2.76. The molecule has 5 aliphatic rings. The molecule has 11 aromatic carbocycles. The molecule has 332 valence electrons. The number of rotatable bonds is 2. The van der Waals surface area contributed by atoms with Crippen LogP contribution in [0.25, 0.3) is 154 Å². The van der Waals surface area contributed by atoms with Gasteiger partial charge in [0.05, 0.1) is 77.2 Å². The smallest absolute Gasteiger partial charge is 0.254 e. The Bertz CT molecular complexity index is 5310. The number of nitrogens with zero attached hydrogens (tertiary/aromatic N) is 6. The van der Waals surface area contributed by atoms with Crippen molar-refractivity contribution in [3.05, 3.63) is 194 Å². The van der Waals surface area contributed by atoms with Gasteiger partial charge in [-0.3, -0.25) is 0 Å². The van der Waals surface area contributed by atoms with E-state index in [0.717, 1.165) is 0 Å². The van der Waals surface area contributed by atoms with Crippen molar-refractivity contribution in [2.24, 2.45) is 0 Å². The molecule has 5 aliphatic heterocycles. The Morgan fingerprint density at radius 2 is 0.622 bits per heavy atom. The molecule has 0 amide bonds. The van der Waals surface area contributed by atoms with E-state index >= 15 is 0 Å². The molecule has 0 fully saturated rings. The first kappa shape index (κ1) is 35.5. The molecule has 0 saturated carbocycles. The SMILES string of the molecule is c1ccc2c(c1)c1ccccc1n2-c1ccc2c(c1)B1c3cc(-n4c5ccccc5c5ccccc54)ccc3-n3c4cccc5c6ccc7c8c6n(c6c9c%10c(c1c63)n-2c1cccc2c3ccc-7c(c3n%10c21)B89)c54. The number of fused-ring (bicyclic) bond motifs is 17. The molecule has 8 heteroatoms. The van der Waals surface area contributed by atoms with Crippen molar-refractivity contribution in [2.45, 2.75) is 0 Å². The van der Waals surface area contributed by atoms with Crippen LogP contribution < -0.4 is 32.8 Å². The van der Waals surface area contributed by atoms with E-state index in [1.165, 1.54) is 187 Å². The molecule has 0 bridgehead atoms. The van der Waals surface area contributed by atoms with E-state index in [9.17, 15) is 0 Å². The lowest BCUT2D eigenvalue weighted by Crippen LogP contribution is -2.62. The van der Waals surface area contributed by atoms with Crippen LogP contribution in [0.5, 0.6) is 0 Å². The quantitative estimate of drug-likeness (QED) is 0.122. The number of para-hydroxylation sites is 6. The fraction of sp³-hybridized carbons (Fsp3) is 0. The molecule has 11 heterocycles. The van der Waals surface area contributed by atoms with Gasteiger partial charge in [-0.25, -0.2) is 0 Å². The van der Waals surface area contributed by atoms with Gasteiger partial charge in [0, 0.05) is 65.8 Å². The van der Waals surface area contributed by atoms with E-state index in [1.807, 2.05) is 0 Å². The van der Waals surface area contributed by atoms with Crippen molar-refractivity contribution in [3.8, 4) is 33.9 Å². The number of hydrogen-bond acceptors (Lipinski definition) is 0. The molecule has 17 aromatic rings. The van der Waals surface area contributed by atoms with E-state index in [0.29, 0.717) is 0 Å². The van der Waals surface area contributed by atoms with Crippen LogP contribution in [0.1, 0.15) is 0 Å². The molecule has 0 unspecified atom stereocenters. The molecular weight excluding hydrogens is 898 g/mol. The second-order valence-corrected chi connectivity index (χ2v) is 21.8. The Morgan fingerprint density at radius 1 is 0.243 bits per heavy atom. The van der Waals surface area contributed by atoms with Gasteiger partial charge in [-0.05, 0) is 117 Å². The van der Waals surface area contributed by atoms with Crippen molar-refractivity contribution < 1.29 is 0 Å². The molecule has 0 aliphatic carbocycles. The summed E-state index contributed by atoms with van der Waals surface area (Å²) < 4.78 is 16.0. The van der Waals surface area contributed by atoms with Crippen LogP contribution in [0, 0.1) is 0 Å². The Balaban J connectivity index is 1.01. The van der Waals surface area contributed by atoms with Crippen molar-refractivity contribution in [1.29, 1.82) is 0 Å². The van der Waals surface area contributed by atoms with Gasteiger partial charge < -0.3 is 27.1 Å². The van der Waals surface area contributed by atoms with Gasteiger partial charge in [-0.2, -0.15) is 0 Å². The second-order valence-electron chi connectivity index (χ2n) is 21.8. The molecular formula is C66H32B2N6. The van der Waals surface area contributed by atoms with Gasteiger partial charge >= 0.3 is 0 Å². The molecule has 0 spiro atoms. The monoisotopic (exact) mass is 930 g/mol. The van der Waals surface area contributed by atoms with Gasteiger partial charge in [0.25, 0.3) is 13.4 Å². The lowest BCUT2D eigenvalue weighted by Gasteiger charge is -2.40. The number of hydrogen-bond donors (Lipinski definition) is 0. The zero-order chi connectivity index (χ0) is 46.9. The highest BCUT2D eigenvalue weighted by Crippen LogP contribution is 2.48. The minimum absolute atomic E-state index is 0.109. The van der Waals surface area contributed by atoms with Gasteiger partial charge in [0.15, 0.2) is 0 Å². The van der Waals surface area contributed by atoms with Gasteiger partial charge in [0.2, 0.25) is 0 Å². The minimum Gasteiger partial charge on any atom is -0.309 e. The Labute approximate surface area is 419 Å². The Hall–Kier alpha value is -9.65. The zero-order valence-corrected chi connectivity index (χ0v) is 39.3. The number of benzene rings is 11. The summed E-state index contributed by atoms with van der Waals surface area (Å²) in [5.41, 5.74) is 34.3. The van der Waals surface area contributed by atoms with Gasteiger partial charge in [0.1, 0.15) is 0 Å². The molecule has 22 rings (SSSR count). The van der Waals surface area contributed by atoms with Gasteiger partial charge in [-0.15, -0.1) is 0 Å². The largest absolute Gasteiger partial charge is 0.309 e. The summed E-state index contributed by atoms with van der Waals surface area (Å²) in [6.45, 7) is 0.0127. The Morgan fingerprint density at radius 3 is 1.07 bits per heavy atom. The van der Waals surface area contributed by atoms with E-state index in [2.05, 4.69) is 221 Å². The molecule has 0 atom stereocenters. The summed E-state index contributed by atoms with van der Waals surface area (Å²) in [5, 5.41) is 10.4. The summed E-state index contributed by atoms with van der Waals surface area (Å²) in [7, 11) is 0. The van der Waals surface area contributed by atoms with E-state index < -0.39 is 0 Å². The van der Waals surface area contributed by atoms with Gasteiger partial charge in [-0.1, -0.05) is 121 Å². The lowest BCUT2D eigenvalue weighted by molar-refractivity contribution is 1.11. The lowest BCUT2D eigenvalue weighted by atomic mass is 9.32. The van der Waals surface area contributed by atoms with Crippen molar-refractivity contribution >= 4 is 167 Å². The molecule has 6 aromatic heterocycles. The van der Waals surface area contributed by atoms with Crippen molar-refractivity contribution in [2.75, 3.05) is 0 Å². The predicted molar refractivity (Wildman–Crippen MR) is 309 cm³/mol. The normalized spacial score (nSPS) is 14.2. The van der Waals surface area contributed by atoms with Crippen LogP contribution >= 0.6 is 0 Å². The molecule has 74 heavy (non-hydrogen) atoms. The average Bonchev–Trinajstić information content (AvgIpc) is 4.29. The standard InChI is InChI=1S/C66H32B2N6/c1-5-17-47-35(11-1)36-12-2-6-18-48(36)69(47)33-23-29-51-45(31-33)67-46-32-34(70-49-19-7-3-13-37(49)38-14-4-8-20-50(38)70)24-30-52(46)72-54-22-10-16-42-44-28-26-40-39-25-27-43-41-15-9-21-53-59(41)73-61(43)55(39)68-56(40)62(44)74(60(42)54)66-58(68)65(73)63(71(51)53)57(67)64(66)72/h1-32H. The predicted octanol–water partition coefficient (Wildman–Crippen LogP) is 11.2. The summed E-state index contributed by atoms with van der Waals surface area (Å²) in [5.74, 6) is 0. The molecule has 0 saturated heterocycles. The highest BCUT2D eigenvalue weighted by atomic mass is 15.1. The first-order chi connectivity index (χ1) is 36.8. The summed E-state index contributed by atoms with van der Waals surface area (Å²) >= 11 is 0. The van der Waals surface area contributed by atoms with E-state index in [1.54, 1.807) is 0 Å². The molecule has 0 radical (unpaired) electrons. The minimum atomic E-state index is -0.109. The first-order valence-corrected chi connectivity index (χ1v) is 26.1. The topological polar surface area (TPSA) is 28.5 Å². The van der Waals surface area contributed by atoms with Crippen LogP contribution in [-0.4, -0.2) is 40.5 Å². The summed E-state index contributed by atoms with van der Waals surface area (Å²) in [6, 6.07) is 74.7. The molecule has 0 N–H and O–H groups in total. The third-order valence-corrected chi connectivity index (χ3v) is 19.0. The maximum Gasteiger partial charge on any atom is 0.254 e. The van der Waals surface area contributed by atoms with Crippen LogP contribution in [0.15, 0.2) is 194 Å². The van der Waals surface area contributed by atoms with E-state index in [-0.39, 0.29) is 13.4 Å². The van der Waals surface area contributed by atoms with E-state index in [4.69, 9.17) is 0 Å². The molecule has 6 nitrogen and oxygen atoms in total. The summed E-state index contributed by atoms with van der Waals surface area (Å²) in [4.78, 5) is 0. The van der Waals surface area contributed by atoms with Crippen molar-refractivity contribution in [1.82, 2.24) is 27.1 Å². The van der Waals surface area contributed by atoms with Crippen LogP contribution in [0.4, 0.5) is 0 Å². The van der Waals surface area contributed by atoms with Crippen LogP contribution in [0.3, 0.4) is 0 Å². The first-order valence-electron chi connectivity index (χ1n) is 26.1. The summed E-state index contributed by atoms with van der Waals surface area (Å²) in [6.07, 6.45) is 0.